The zero-order valence-electron chi connectivity index (χ0n) is 41.2. The largest absolute Gasteiger partial charge is 0.480 e. The number of fused-ring (bicyclic) bond motifs is 1. The van der Waals surface area contributed by atoms with Gasteiger partial charge >= 0.3 is 17.9 Å². The quantitative estimate of drug-likeness (QED) is 0.0204. The maximum atomic E-state index is 14.7. The number of nitrogens with two attached hydrogens (primary N) is 4. The van der Waals surface area contributed by atoms with Crippen LogP contribution < -0.4 is 70.6 Å². The number of hydrogen-bond acceptors (Lipinski definition) is 11. The number of para-hydroxylation sites is 1. The van der Waals surface area contributed by atoms with Gasteiger partial charge in [-0.05, 0) is 76.3 Å². The molecule has 10 atom stereocenters. The van der Waals surface area contributed by atoms with Crippen molar-refractivity contribution in [1.82, 2.24) is 41.8 Å². The maximum Gasteiger partial charge on any atom is 0.338 e. The van der Waals surface area contributed by atoms with Gasteiger partial charge in [-0.25, -0.2) is 4.79 Å². The Hall–Kier alpha value is -7.10. The Balaban J connectivity index is 1.88. The molecule has 0 saturated carbocycles. The summed E-state index contributed by atoms with van der Waals surface area (Å²) < 4.78 is 0. The first-order valence-corrected chi connectivity index (χ1v) is 23.9. The molecule has 0 bridgehead atoms. The number of aliphatic hydroxyl groups is 3. The molecule has 27 nitrogen and oxygen atoms in total. The van der Waals surface area contributed by atoms with Gasteiger partial charge in [0.2, 0.25) is 35.4 Å². The van der Waals surface area contributed by atoms with Crippen LogP contribution in [0.5, 0.6) is 0 Å². The fraction of sp³-hybridized carbons (Fsp3) is 0.600. The number of aromatic nitrogens is 1. The van der Waals surface area contributed by atoms with Crippen LogP contribution in [0.15, 0.2) is 30.5 Å². The van der Waals surface area contributed by atoms with Crippen LogP contribution in [0.4, 0.5) is 0 Å². The van der Waals surface area contributed by atoms with Crippen molar-refractivity contribution in [2.75, 3.05) is 26.2 Å². The van der Waals surface area contributed by atoms with E-state index in [1.54, 1.807) is 26.1 Å². The van der Waals surface area contributed by atoms with Gasteiger partial charge < -0.3 is 67.9 Å². The molecule has 1 saturated heterocycles. The summed E-state index contributed by atoms with van der Waals surface area (Å²) in [4.78, 5) is 119. The van der Waals surface area contributed by atoms with Crippen LogP contribution in [0, 0.1) is 5.92 Å². The summed E-state index contributed by atoms with van der Waals surface area (Å²) in [5, 5.41) is 56.7. The summed E-state index contributed by atoms with van der Waals surface area (Å²) in [5.41, 5.74) is 26.9. The number of nitrogens with zero attached hydrogens (tertiary/aromatic N) is 1. The van der Waals surface area contributed by atoms with Gasteiger partial charge in [-0.15, -0.1) is 0 Å². The smallest absolute Gasteiger partial charge is 0.338 e. The van der Waals surface area contributed by atoms with Crippen LogP contribution >= 0.6 is 0 Å². The van der Waals surface area contributed by atoms with E-state index in [4.69, 9.17) is 22.9 Å². The molecule has 1 aromatic carbocycles. The number of carboxylic acids is 1. The molecule has 0 unspecified atom stereocenters. The van der Waals surface area contributed by atoms with Gasteiger partial charge in [0.05, 0.1) is 25.3 Å². The van der Waals surface area contributed by atoms with Crippen molar-refractivity contribution < 1.29 is 74.5 Å². The van der Waals surface area contributed by atoms with E-state index in [1.165, 1.54) is 18.7 Å². The molecule has 24 N–H and O–H groups in total. The number of nitrogens with one attached hydrogen (secondary N) is 9. The molecule has 27 heteroatoms. The van der Waals surface area contributed by atoms with Crippen molar-refractivity contribution in [2.45, 2.75) is 140 Å². The van der Waals surface area contributed by atoms with Crippen LogP contribution in [0.1, 0.15) is 78.2 Å². The van der Waals surface area contributed by atoms with Crippen molar-refractivity contribution in [2.24, 2.45) is 28.9 Å². The number of likely N-dealkylation sites (tertiary alicyclic amines) is 1. The minimum absolute atomic E-state index is 0.0442. The summed E-state index contributed by atoms with van der Waals surface area (Å²) in [6.45, 7) is 5.73. The lowest BCUT2D eigenvalue weighted by Crippen LogP contribution is -2.78. The Bertz CT molecular complexity index is 2240. The van der Waals surface area contributed by atoms with Gasteiger partial charge in [-0.2, -0.15) is 0 Å². The second kappa shape index (κ2) is 28.7. The highest BCUT2D eigenvalue weighted by molar-refractivity contribution is 5.98. The number of rotatable bonds is 29. The summed E-state index contributed by atoms with van der Waals surface area (Å²) in [5.74, 6) is -7.65. The highest BCUT2D eigenvalue weighted by Crippen LogP contribution is 2.23. The first-order valence-electron chi connectivity index (χ1n) is 23.9. The van der Waals surface area contributed by atoms with Crippen molar-refractivity contribution in [3.8, 4) is 0 Å². The lowest BCUT2D eigenvalue weighted by molar-refractivity contribution is -0.460. The lowest BCUT2D eigenvalue weighted by Gasteiger charge is -2.31. The first kappa shape index (κ1) is 59.2. The molecule has 1 fully saturated rings. The van der Waals surface area contributed by atoms with Gasteiger partial charge in [0.25, 0.3) is 5.91 Å². The molecule has 1 aliphatic rings. The number of guanidine groups is 2. The fourth-order valence-corrected chi connectivity index (χ4v) is 8.01. The third-order valence-electron chi connectivity index (χ3n) is 11.9. The van der Waals surface area contributed by atoms with Crippen LogP contribution in [-0.2, 0) is 44.8 Å². The van der Waals surface area contributed by atoms with E-state index in [1.807, 2.05) is 18.2 Å². The average molecular weight is 1020 g/mol. The Labute approximate surface area is 416 Å². The topological polar surface area (TPSA) is 468 Å². The molecule has 400 valence electrons. The van der Waals surface area contributed by atoms with Gasteiger partial charge in [0.15, 0.2) is 6.04 Å². The van der Waals surface area contributed by atoms with Gasteiger partial charge in [0.1, 0.15) is 48.9 Å². The number of carbonyl (C=O) groups excluding carboxylic acids is 7. The zero-order chi connectivity index (χ0) is 53.8. The van der Waals surface area contributed by atoms with Crippen LogP contribution in [0.2, 0.25) is 0 Å². The monoisotopic (exact) mass is 1020 g/mol. The lowest BCUT2D eigenvalue weighted by atomic mass is 10.0. The molecule has 72 heavy (non-hydrogen) atoms. The second-order valence-corrected chi connectivity index (χ2v) is 18.3. The SMILES string of the molecule is CC(C)C[C@H](NC(=O)[C@H](CCC[NH+]=C(N)N)NC(=O)[C@@H](NC(=O)[C@@H](NC(=O)[C@@H]1CCCN1C(=O)[C@H](Cc1c[nH]c2ccccc12)NC(=O)[C@H](CCC[NH+]=C(N)N)NC(=O)[C@@H]([NH3+])CO)[C@@H](C)O)[C@@H](C)O)C(=O)O. The molecule has 0 aliphatic carbocycles. The van der Waals surface area contributed by atoms with Crippen molar-refractivity contribution >= 4 is 70.1 Å². The van der Waals surface area contributed by atoms with E-state index in [0.29, 0.717) is 12.0 Å². The number of carbonyl (C=O) groups is 8. The van der Waals surface area contributed by atoms with E-state index >= 15 is 0 Å². The van der Waals surface area contributed by atoms with Gasteiger partial charge in [-0.3, -0.25) is 66.5 Å². The predicted octanol–water partition coefficient (Wildman–Crippen LogP) is -9.63. The van der Waals surface area contributed by atoms with E-state index < -0.39 is 114 Å². The summed E-state index contributed by atoms with van der Waals surface area (Å²) in [6.07, 6.45) is -0.666. The molecule has 1 aromatic heterocycles. The molecular formula is C45H76N15O12+3. The molecule has 3 rings (SSSR count). The first-order chi connectivity index (χ1) is 33.9. The number of carboxylic acid groups (broad SMARTS) is 1. The molecule has 0 spiro atoms. The number of benzene rings is 1. The molecule has 0 radical (unpaired) electrons. The summed E-state index contributed by atoms with van der Waals surface area (Å²) >= 11 is 0. The molecule has 1 aliphatic heterocycles. The van der Waals surface area contributed by atoms with Crippen LogP contribution in [0.3, 0.4) is 0 Å². The van der Waals surface area contributed by atoms with Crippen molar-refractivity contribution in [1.29, 1.82) is 0 Å². The van der Waals surface area contributed by atoms with Crippen LogP contribution in [-0.4, -0.2) is 176 Å². The van der Waals surface area contributed by atoms with Crippen molar-refractivity contribution in [3.63, 3.8) is 0 Å². The standard InChI is InChI=1S/C45H73N15O12/c1-22(2)18-32(43(71)72)57-38(66)30(13-8-16-52-45(49)50)55-40(68)34(23(3)62)59-41(69)35(24(4)63)58-39(67)33-14-9-17-60(33)42(70)31(19-25-20-53-28-11-6-5-10-26(25)28)56-37(65)29(12-7-15-51-44(47)48)54-36(64)27(46)21-61/h5-6,10-11,20,22-24,27,29-35,53,61-63H,7-9,12-19,21,46H2,1-4H3,(H,54,64)(H,55,68)(H,56,65)(H,57,66)(H,58,67)(H,59,69)(H,71,72)(H4,47,48,51)(H4,49,50,52)/p+3/t23-,24-,27+,29+,30+,31+,32+,33+,34+,35+/m1/s1. The second-order valence-electron chi connectivity index (χ2n) is 18.3. The Kier molecular flexibility index (Phi) is 23.6. The zero-order valence-corrected chi connectivity index (χ0v) is 41.2. The summed E-state index contributed by atoms with van der Waals surface area (Å²) in [7, 11) is 0. The van der Waals surface area contributed by atoms with E-state index in [9.17, 15) is 58.8 Å². The number of aliphatic hydroxyl groups excluding tert-OH is 3. The highest BCUT2D eigenvalue weighted by Gasteiger charge is 2.41. The maximum absolute atomic E-state index is 14.7. The predicted molar refractivity (Wildman–Crippen MR) is 259 cm³/mol. The molecule has 2 aromatic rings. The number of hydrogen-bond donors (Lipinski definition) is 18. The van der Waals surface area contributed by atoms with E-state index in [-0.39, 0.29) is 82.4 Å². The fourth-order valence-electron chi connectivity index (χ4n) is 8.01. The van der Waals surface area contributed by atoms with E-state index in [0.717, 1.165) is 10.9 Å². The van der Waals surface area contributed by atoms with Gasteiger partial charge in [-0.1, -0.05) is 32.0 Å². The molecular weight excluding hydrogens is 943 g/mol. The Morgan fingerprint density at radius 2 is 1.25 bits per heavy atom. The Morgan fingerprint density at radius 3 is 1.78 bits per heavy atom. The minimum Gasteiger partial charge on any atom is -0.480 e. The number of aromatic amines is 1. The highest BCUT2D eigenvalue weighted by atomic mass is 16.4. The third-order valence-corrected chi connectivity index (χ3v) is 11.9. The number of aliphatic carboxylic acids is 1. The van der Waals surface area contributed by atoms with Crippen molar-refractivity contribution in [3.05, 3.63) is 36.0 Å². The molecule has 2 heterocycles. The minimum atomic E-state index is -1.77. The molecule has 7 amide bonds. The average Bonchev–Trinajstić information content (AvgIpc) is 3.98. The normalized spacial score (nSPS) is 17.1. The van der Waals surface area contributed by atoms with Gasteiger partial charge in [0, 0.05) is 30.1 Å². The van der Waals surface area contributed by atoms with Crippen LogP contribution in [0.25, 0.3) is 10.9 Å². The summed E-state index contributed by atoms with van der Waals surface area (Å²) in [6, 6.07) is -3.83. The number of quaternary nitrogens is 1. The number of H-pyrrole nitrogens is 1. The Morgan fingerprint density at radius 1 is 0.736 bits per heavy atom. The number of amides is 7. The van der Waals surface area contributed by atoms with E-state index in [2.05, 4.69) is 52.6 Å². The third kappa shape index (κ3) is 18.3.